The van der Waals surface area contributed by atoms with Crippen molar-refractivity contribution in [1.82, 2.24) is 4.90 Å². The summed E-state index contributed by atoms with van der Waals surface area (Å²) in [4.78, 5) is 10.00. The zero-order chi connectivity index (χ0) is 9.78. The van der Waals surface area contributed by atoms with E-state index in [0.29, 0.717) is 13.1 Å². The maximum absolute atomic E-state index is 12.2. The van der Waals surface area contributed by atoms with Crippen LogP contribution in [0.15, 0.2) is 4.76 Å². The van der Waals surface area contributed by atoms with Gasteiger partial charge in [-0.15, -0.1) is 4.20 Å². The first kappa shape index (κ1) is 11.6. The van der Waals surface area contributed by atoms with E-state index in [1.807, 2.05) is 13.8 Å². The number of halogens is 1. The molecule has 0 radical (unpaired) electrons. The molecule has 72 valence electrons. The molecule has 1 N–H and O–H groups in total. The van der Waals surface area contributed by atoms with Gasteiger partial charge in [-0.25, -0.2) is 4.57 Å². The number of amidine groups is 1. The minimum Gasteiger partial charge on any atom is -0.361 e. The summed E-state index contributed by atoms with van der Waals surface area (Å²) >= 11 is 0. The maximum Gasteiger partial charge on any atom is 0.490 e. The molecular weight excluding hydrogens is 182 g/mol. The Labute approximate surface area is 71.7 Å². The highest BCUT2D eigenvalue weighted by atomic mass is 31.2. The van der Waals surface area contributed by atoms with E-state index >= 15 is 0 Å². The van der Waals surface area contributed by atoms with Crippen LogP contribution in [0.5, 0.6) is 0 Å². The van der Waals surface area contributed by atoms with Crippen LogP contribution >= 0.6 is 7.83 Å². The maximum atomic E-state index is 12.2. The first-order chi connectivity index (χ1) is 5.40. The Hall–Kier alpha value is -0.410. The number of nitrogens with zero attached hydrogens (tertiary/aromatic N) is 2. The minimum atomic E-state index is -4.76. The Bertz CT molecular complexity index is 210. The molecule has 0 aromatic carbocycles. The lowest BCUT2D eigenvalue weighted by atomic mass is 10.5. The van der Waals surface area contributed by atoms with E-state index in [-0.39, 0.29) is 5.84 Å². The van der Waals surface area contributed by atoms with Crippen molar-refractivity contribution >= 4 is 13.7 Å². The molecule has 0 aliphatic heterocycles. The van der Waals surface area contributed by atoms with Crippen LogP contribution < -0.4 is 0 Å². The molecule has 12 heavy (non-hydrogen) atoms. The molecule has 0 aromatic rings. The molecule has 0 rings (SSSR count). The summed E-state index contributed by atoms with van der Waals surface area (Å²) in [5.74, 6) is 0.258. The van der Waals surface area contributed by atoms with Gasteiger partial charge in [0.15, 0.2) is 0 Å². The molecule has 4 nitrogen and oxygen atoms in total. The lowest BCUT2D eigenvalue weighted by Gasteiger charge is -2.19. The Morgan fingerprint density at radius 3 is 2.25 bits per heavy atom. The summed E-state index contributed by atoms with van der Waals surface area (Å²) in [5, 5.41) is 0. The zero-order valence-corrected chi connectivity index (χ0v) is 8.38. The molecule has 0 spiro atoms. The third-order valence-electron chi connectivity index (χ3n) is 1.49. The summed E-state index contributed by atoms with van der Waals surface area (Å²) in [7, 11) is -4.76. The summed E-state index contributed by atoms with van der Waals surface area (Å²) < 4.78 is 25.4. The zero-order valence-electron chi connectivity index (χ0n) is 7.49. The molecule has 0 heterocycles. The van der Waals surface area contributed by atoms with Crippen molar-refractivity contribution < 1.29 is 13.7 Å². The molecule has 0 saturated carbocycles. The van der Waals surface area contributed by atoms with Crippen LogP contribution in [0.1, 0.15) is 20.8 Å². The molecule has 6 heteroatoms. The molecule has 0 bridgehead atoms. The second-order valence-corrected chi connectivity index (χ2v) is 3.44. The molecule has 1 unspecified atom stereocenters. The Morgan fingerprint density at radius 2 is 2.00 bits per heavy atom. The van der Waals surface area contributed by atoms with E-state index in [9.17, 15) is 8.76 Å². The molecule has 0 saturated heterocycles. The fraction of sp³-hybridized carbons (Fsp3) is 0.833. The SMILES string of the molecule is CCN(CC)C(C)=NP(=O)(O)F. The number of hydrogen-bond acceptors (Lipinski definition) is 1. The van der Waals surface area contributed by atoms with Gasteiger partial charge in [-0.3, -0.25) is 0 Å². The Morgan fingerprint density at radius 1 is 1.58 bits per heavy atom. The van der Waals surface area contributed by atoms with Crippen LogP contribution in [0.2, 0.25) is 0 Å². The summed E-state index contributed by atoms with van der Waals surface area (Å²) in [5.41, 5.74) is 0. The molecule has 0 aliphatic rings. The second kappa shape index (κ2) is 4.58. The predicted octanol–water partition coefficient (Wildman–Crippen LogP) is 1.82. The van der Waals surface area contributed by atoms with Crippen LogP contribution in [-0.2, 0) is 4.57 Å². The third kappa shape index (κ3) is 4.46. The summed E-state index contributed by atoms with van der Waals surface area (Å²) in [6.45, 7) is 6.53. The second-order valence-electron chi connectivity index (χ2n) is 2.29. The van der Waals surface area contributed by atoms with Crippen molar-refractivity contribution in [1.29, 1.82) is 0 Å². The lowest BCUT2D eigenvalue weighted by Crippen LogP contribution is -2.27. The van der Waals surface area contributed by atoms with Crippen molar-refractivity contribution in [3.8, 4) is 0 Å². The molecule has 1 atom stereocenters. The number of rotatable bonds is 3. The van der Waals surface area contributed by atoms with Crippen molar-refractivity contribution in [2.45, 2.75) is 20.8 Å². The normalized spacial score (nSPS) is 17.2. The van der Waals surface area contributed by atoms with E-state index in [0.717, 1.165) is 0 Å². The molecule has 0 amide bonds. The lowest BCUT2D eigenvalue weighted by molar-refractivity contribution is 0.425. The van der Waals surface area contributed by atoms with Crippen molar-refractivity contribution in [3.05, 3.63) is 0 Å². The van der Waals surface area contributed by atoms with E-state index in [1.165, 1.54) is 6.92 Å². The minimum absolute atomic E-state index is 0.258. The van der Waals surface area contributed by atoms with Gasteiger partial charge in [-0.1, -0.05) is 0 Å². The highest BCUT2D eigenvalue weighted by molar-refractivity contribution is 7.51. The quantitative estimate of drug-likeness (QED) is 0.425. The van der Waals surface area contributed by atoms with Crippen LogP contribution in [0.3, 0.4) is 0 Å². The van der Waals surface area contributed by atoms with E-state index < -0.39 is 7.83 Å². The van der Waals surface area contributed by atoms with Gasteiger partial charge in [0, 0.05) is 13.1 Å². The van der Waals surface area contributed by atoms with Gasteiger partial charge in [0.1, 0.15) is 5.84 Å². The van der Waals surface area contributed by atoms with E-state index in [4.69, 9.17) is 4.89 Å². The molecular formula is C6H14FN2O2P. The topological polar surface area (TPSA) is 52.9 Å². The van der Waals surface area contributed by atoms with Gasteiger partial charge >= 0.3 is 7.83 Å². The fourth-order valence-electron chi connectivity index (χ4n) is 0.923. The Kier molecular flexibility index (Phi) is 4.42. The summed E-state index contributed by atoms with van der Waals surface area (Å²) in [6.07, 6.45) is 0. The molecule has 0 aliphatic carbocycles. The van der Waals surface area contributed by atoms with Crippen LogP contribution in [0.25, 0.3) is 0 Å². The largest absolute Gasteiger partial charge is 0.490 e. The van der Waals surface area contributed by atoms with Gasteiger partial charge in [0.25, 0.3) is 0 Å². The Balaban J connectivity index is 4.45. The standard InChI is InChI=1S/C6H14FN2O2P/c1-4-9(5-2)6(3)8-12(7,10)11/h4-5H2,1-3H3,(H,10,11). The predicted molar refractivity (Wildman–Crippen MR) is 47.0 cm³/mol. The van der Waals surface area contributed by atoms with Gasteiger partial charge in [0.05, 0.1) is 0 Å². The van der Waals surface area contributed by atoms with Crippen molar-refractivity contribution in [3.63, 3.8) is 0 Å². The molecule has 0 aromatic heterocycles. The monoisotopic (exact) mass is 196 g/mol. The van der Waals surface area contributed by atoms with Gasteiger partial charge in [0.2, 0.25) is 0 Å². The average Bonchev–Trinajstić information content (AvgIpc) is 1.85. The number of hydrogen-bond donors (Lipinski definition) is 1. The average molecular weight is 196 g/mol. The third-order valence-corrected chi connectivity index (χ3v) is 2.03. The first-order valence-electron chi connectivity index (χ1n) is 3.75. The van der Waals surface area contributed by atoms with Crippen LogP contribution in [-0.4, -0.2) is 28.7 Å². The fourth-order valence-corrected chi connectivity index (χ4v) is 1.41. The van der Waals surface area contributed by atoms with Crippen molar-refractivity contribution in [2.24, 2.45) is 4.76 Å². The van der Waals surface area contributed by atoms with Gasteiger partial charge in [-0.05, 0) is 20.8 Å². The first-order valence-corrected chi connectivity index (χ1v) is 5.25. The summed E-state index contributed by atoms with van der Waals surface area (Å²) in [6, 6.07) is 0. The van der Waals surface area contributed by atoms with E-state index in [2.05, 4.69) is 4.76 Å². The van der Waals surface area contributed by atoms with Crippen LogP contribution in [0.4, 0.5) is 4.20 Å². The highest BCUT2D eigenvalue weighted by Crippen LogP contribution is 2.43. The van der Waals surface area contributed by atoms with E-state index in [1.54, 1.807) is 4.90 Å². The van der Waals surface area contributed by atoms with Gasteiger partial charge in [-0.2, -0.15) is 4.76 Å². The van der Waals surface area contributed by atoms with Gasteiger partial charge < -0.3 is 9.79 Å². The van der Waals surface area contributed by atoms with Crippen molar-refractivity contribution in [2.75, 3.05) is 13.1 Å². The highest BCUT2D eigenvalue weighted by Gasteiger charge is 2.15. The smallest absolute Gasteiger partial charge is 0.361 e. The van der Waals surface area contributed by atoms with Crippen LogP contribution in [0, 0.1) is 0 Å². The molecule has 0 fully saturated rings.